The molecule has 2 N–H and O–H groups in total. The van der Waals surface area contributed by atoms with Crippen LogP contribution in [0.15, 0.2) is 12.3 Å². The Balaban J connectivity index is 2.17. The first-order valence-corrected chi connectivity index (χ1v) is 4.90. The smallest absolute Gasteiger partial charge is 0.227 e. The van der Waals surface area contributed by atoms with E-state index in [-0.39, 0.29) is 0 Å². The maximum Gasteiger partial charge on any atom is 0.227 e. The fourth-order valence-corrected chi connectivity index (χ4v) is 1.80. The van der Waals surface area contributed by atoms with Gasteiger partial charge in [-0.25, -0.2) is 4.98 Å². The first-order chi connectivity index (χ1) is 6.57. The molecule has 4 heteroatoms. The van der Waals surface area contributed by atoms with E-state index in [9.17, 15) is 0 Å². The number of anilines is 2. The molecule has 0 aromatic carbocycles. The summed E-state index contributed by atoms with van der Waals surface area (Å²) in [5.74, 6) is 1.30. The van der Waals surface area contributed by atoms with E-state index >= 15 is 0 Å². The molecule has 2 heterocycles. The van der Waals surface area contributed by atoms with Gasteiger partial charge in [0.05, 0.1) is 0 Å². The van der Waals surface area contributed by atoms with Crippen LogP contribution in [0.1, 0.15) is 20.3 Å². The lowest BCUT2D eigenvalue weighted by atomic mass is 9.93. The Morgan fingerprint density at radius 2 is 2.29 bits per heavy atom. The van der Waals surface area contributed by atoms with Crippen LogP contribution in [0, 0.1) is 5.41 Å². The van der Waals surface area contributed by atoms with E-state index in [0.717, 1.165) is 19.0 Å². The van der Waals surface area contributed by atoms with Crippen molar-refractivity contribution in [2.45, 2.75) is 20.3 Å². The van der Waals surface area contributed by atoms with Gasteiger partial charge in [-0.15, -0.1) is 0 Å². The zero-order chi connectivity index (χ0) is 10.2. The van der Waals surface area contributed by atoms with Crippen molar-refractivity contribution in [2.75, 3.05) is 23.7 Å². The van der Waals surface area contributed by atoms with Crippen molar-refractivity contribution in [3.8, 4) is 0 Å². The molecule has 1 aliphatic rings. The van der Waals surface area contributed by atoms with Crippen molar-refractivity contribution in [2.24, 2.45) is 5.41 Å². The molecule has 1 aromatic heterocycles. The summed E-state index contributed by atoms with van der Waals surface area (Å²) in [6, 6.07) is 1.71. The Bertz CT molecular complexity index is 335. The number of aromatic nitrogens is 2. The molecule has 0 amide bonds. The molecular weight excluding hydrogens is 176 g/mol. The molecule has 4 nitrogen and oxygen atoms in total. The van der Waals surface area contributed by atoms with Gasteiger partial charge in [-0.3, -0.25) is 0 Å². The lowest BCUT2D eigenvalue weighted by Crippen LogP contribution is -2.24. The topological polar surface area (TPSA) is 55.0 Å². The van der Waals surface area contributed by atoms with E-state index in [2.05, 4.69) is 28.7 Å². The molecule has 0 aliphatic carbocycles. The Morgan fingerprint density at radius 3 is 2.86 bits per heavy atom. The molecular formula is C10H16N4. The summed E-state index contributed by atoms with van der Waals surface area (Å²) in [6.45, 7) is 6.56. The van der Waals surface area contributed by atoms with Crippen LogP contribution in [0.4, 0.5) is 11.8 Å². The van der Waals surface area contributed by atoms with Gasteiger partial charge in [0, 0.05) is 19.3 Å². The van der Waals surface area contributed by atoms with Gasteiger partial charge in [-0.05, 0) is 17.9 Å². The molecule has 1 saturated heterocycles. The van der Waals surface area contributed by atoms with E-state index in [1.807, 2.05) is 0 Å². The third-order valence-corrected chi connectivity index (χ3v) is 2.62. The van der Waals surface area contributed by atoms with Crippen molar-refractivity contribution >= 4 is 11.8 Å². The quantitative estimate of drug-likeness (QED) is 0.728. The minimum Gasteiger partial charge on any atom is -0.384 e. The van der Waals surface area contributed by atoms with E-state index in [1.165, 1.54) is 6.42 Å². The predicted octanol–water partition coefficient (Wildman–Crippen LogP) is 1.30. The van der Waals surface area contributed by atoms with Crippen LogP contribution in [0.5, 0.6) is 0 Å². The molecule has 1 aliphatic heterocycles. The highest BCUT2D eigenvalue weighted by Crippen LogP contribution is 2.30. The number of rotatable bonds is 1. The van der Waals surface area contributed by atoms with Gasteiger partial charge in [-0.1, -0.05) is 13.8 Å². The summed E-state index contributed by atoms with van der Waals surface area (Å²) >= 11 is 0. The van der Waals surface area contributed by atoms with Gasteiger partial charge in [-0.2, -0.15) is 4.98 Å². The van der Waals surface area contributed by atoms with Crippen molar-refractivity contribution < 1.29 is 0 Å². The fraction of sp³-hybridized carbons (Fsp3) is 0.600. The highest BCUT2D eigenvalue weighted by Gasteiger charge is 2.30. The largest absolute Gasteiger partial charge is 0.384 e. The van der Waals surface area contributed by atoms with Crippen LogP contribution >= 0.6 is 0 Å². The standard InChI is InChI=1S/C10H16N4/c1-10(2)4-6-14(7-10)9-12-5-3-8(11)13-9/h3,5H,4,6-7H2,1-2H3,(H2,11,12,13). The molecule has 0 atom stereocenters. The average Bonchev–Trinajstić information content (AvgIpc) is 2.46. The van der Waals surface area contributed by atoms with Crippen molar-refractivity contribution in [3.63, 3.8) is 0 Å². The second kappa shape index (κ2) is 3.12. The summed E-state index contributed by atoms with van der Waals surface area (Å²) in [7, 11) is 0. The molecule has 0 bridgehead atoms. The normalized spacial score (nSPS) is 20.0. The summed E-state index contributed by atoms with van der Waals surface area (Å²) in [5, 5.41) is 0. The monoisotopic (exact) mass is 192 g/mol. The summed E-state index contributed by atoms with van der Waals surface area (Å²) in [4.78, 5) is 10.6. The lowest BCUT2D eigenvalue weighted by Gasteiger charge is -2.19. The Hall–Kier alpha value is -1.32. The van der Waals surface area contributed by atoms with Crippen LogP contribution in [0.25, 0.3) is 0 Å². The van der Waals surface area contributed by atoms with Crippen molar-refractivity contribution in [1.29, 1.82) is 0 Å². The number of nitrogens with two attached hydrogens (primary N) is 1. The van der Waals surface area contributed by atoms with Crippen LogP contribution in [-0.2, 0) is 0 Å². The first kappa shape index (κ1) is 9.24. The van der Waals surface area contributed by atoms with Gasteiger partial charge >= 0.3 is 0 Å². The van der Waals surface area contributed by atoms with E-state index in [1.54, 1.807) is 12.3 Å². The highest BCUT2D eigenvalue weighted by molar-refractivity contribution is 5.38. The molecule has 1 aromatic rings. The highest BCUT2D eigenvalue weighted by atomic mass is 15.3. The van der Waals surface area contributed by atoms with Crippen molar-refractivity contribution in [1.82, 2.24) is 9.97 Å². The van der Waals surface area contributed by atoms with Crippen LogP contribution in [0.2, 0.25) is 0 Å². The SMILES string of the molecule is CC1(C)CCN(c2nccc(N)n2)C1. The average molecular weight is 192 g/mol. The zero-order valence-electron chi connectivity index (χ0n) is 8.70. The van der Waals surface area contributed by atoms with Gasteiger partial charge < -0.3 is 10.6 Å². The number of hydrogen-bond acceptors (Lipinski definition) is 4. The van der Waals surface area contributed by atoms with Gasteiger partial charge in [0.15, 0.2) is 0 Å². The lowest BCUT2D eigenvalue weighted by molar-refractivity contribution is 0.418. The second-order valence-electron chi connectivity index (χ2n) is 4.62. The molecule has 0 spiro atoms. The Labute approximate surface area is 84.2 Å². The zero-order valence-corrected chi connectivity index (χ0v) is 8.70. The van der Waals surface area contributed by atoms with Gasteiger partial charge in [0.25, 0.3) is 0 Å². The molecule has 0 saturated carbocycles. The molecule has 2 rings (SSSR count). The van der Waals surface area contributed by atoms with Gasteiger partial charge in [0.2, 0.25) is 5.95 Å². The fourth-order valence-electron chi connectivity index (χ4n) is 1.80. The number of nitrogens with zero attached hydrogens (tertiary/aromatic N) is 3. The third-order valence-electron chi connectivity index (χ3n) is 2.62. The molecule has 0 radical (unpaired) electrons. The number of nitrogen functional groups attached to an aromatic ring is 1. The maximum absolute atomic E-state index is 5.62. The minimum atomic E-state index is 0.369. The number of hydrogen-bond donors (Lipinski definition) is 1. The predicted molar refractivity (Wildman–Crippen MR) is 57.1 cm³/mol. The summed E-state index contributed by atoms with van der Waals surface area (Å²) in [6.07, 6.45) is 2.90. The molecule has 0 unspecified atom stereocenters. The third kappa shape index (κ3) is 1.78. The van der Waals surface area contributed by atoms with E-state index in [4.69, 9.17) is 5.73 Å². The second-order valence-corrected chi connectivity index (χ2v) is 4.62. The van der Waals surface area contributed by atoms with Gasteiger partial charge in [0.1, 0.15) is 5.82 Å². The van der Waals surface area contributed by atoms with E-state index < -0.39 is 0 Å². The van der Waals surface area contributed by atoms with E-state index in [0.29, 0.717) is 11.2 Å². The summed E-state index contributed by atoms with van der Waals surface area (Å²) in [5.41, 5.74) is 5.99. The van der Waals surface area contributed by atoms with Crippen molar-refractivity contribution in [3.05, 3.63) is 12.3 Å². The Morgan fingerprint density at radius 1 is 1.50 bits per heavy atom. The van der Waals surface area contributed by atoms with Crippen LogP contribution in [-0.4, -0.2) is 23.1 Å². The summed E-state index contributed by atoms with van der Waals surface area (Å²) < 4.78 is 0. The van der Waals surface area contributed by atoms with Crippen LogP contribution < -0.4 is 10.6 Å². The molecule has 14 heavy (non-hydrogen) atoms. The first-order valence-electron chi connectivity index (χ1n) is 4.90. The molecule has 1 fully saturated rings. The minimum absolute atomic E-state index is 0.369. The van der Waals surface area contributed by atoms with Crippen LogP contribution in [0.3, 0.4) is 0 Å². The Kier molecular flexibility index (Phi) is 2.06. The maximum atomic E-state index is 5.62. The molecule has 76 valence electrons.